The van der Waals surface area contributed by atoms with E-state index >= 15 is 0 Å². The Balaban J connectivity index is 2.01. The van der Waals surface area contributed by atoms with E-state index in [9.17, 15) is 27.6 Å². The van der Waals surface area contributed by atoms with Crippen LogP contribution in [0, 0.1) is 0 Å². The number of rotatable bonds is 6. The summed E-state index contributed by atoms with van der Waals surface area (Å²) in [6.07, 6.45) is -3.43. The van der Waals surface area contributed by atoms with Crippen molar-refractivity contribution in [3.63, 3.8) is 0 Å². The van der Waals surface area contributed by atoms with Crippen molar-refractivity contribution in [2.24, 2.45) is 5.10 Å². The summed E-state index contributed by atoms with van der Waals surface area (Å²) < 4.78 is 44.3. The van der Waals surface area contributed by atoms with E-state index in [-0.39, 0.29) is 11.4 Å². The van der Waals surface area contributed by atoms with Gasteiger partial charge in [-0.15, -0.1) is 0 Å². The Morgan fingerprint density at radius 1 is 1.03 bits per heavy atom. The third-order valence-corrected chi connectivity index (χ3v) is 3.59. The molecule has 0 aliphatic heterocycles. The zero-order chi connectivity index (χ0) is 22.1. The Morgan fingerprint density at radius 2 is 1.70 bits per heavy atom. The van der Waals surface area contributed by atoms with E-state index in [4.69, 9.17) is 4.74 Å². The topological polar surface area (TPSA) is 109 Å². The quantitative estimate of drug-likeness (QED) is 0.375. The molecule has 0 unspecified atom stereocenters. The lowest BCUT2D eigenvalue weighted by atomic mass is 10.1. The fraction of sp³-hybridized carbons (Fsp3) is 0.158. The maximum absolute atomic E-state index is 13.0. The van der Waals surface area contributed by atoms with Gasteiger partial charge in [-0.05, 0) is 24.3 Å². The summed E-state index contributed by atoms with van der Waals surface area (Å²) in [6.45, 7) is -0.568. The van der Waals surface area contributed by atoms with E-state index in [0.717, 1.165) is 12.1 Å². The Bertz CT molecular complexity index is 961. The van der Waals surface area contributed by atoms with Gasteiger partial charge in [-0.1, -0.05) is 24.3 Å². The van der Waals surface area contributed by atoms with Gasteiger partial charge in [0.15, 0.2) is 6.61 Å². The number of para-hydroxylation sites is 2. The molecule has 3 N–H and O–H groups in total. The van der Waals surface area contributed by atoms with Crippen LogP contribution in [0.25, 0.3) is 0 Å². The summed E-state index contributed by atoms with van der Waals surface area (Å²) in [4.78, 5) is 34.5. The van der Waals surface area contributed by atoms with Gasteiger partial charge in [0, 0.05) is 12.6 Å². The van der Waals surface area contributed by atoms with Crippen molar-refractivity contribution in [1.82, 2.24) is 10.7 Å². The van der Waals surface area contributed by atoms with E-state index in [1.54, 1.807) is 18.2 Å². The van der Waals surface area contributed by atoms with Crippen LogP contribution < -0.4 is 20.8 Å². The SMILES string of the molecule is CNC(=O)C(=O)N/N=C\c1ccccc1OCC(=O)Nc1ccccc1C(F)(F)F. The number of carbonyl (C=O) groups is 3. The number of hydrogen-bond acceptors (Lipinski definition) is 5. The molecule has 0 bridgehead atoms. The number of alkyl halides is 3. The van der Waals surface area contributed by atoms with Crippen LogP contribution in [-0.2, 0) is 20.6 Å². The van der Waals surface area contributed by atoms with E-state index < -0.39 is 36.1 Å². The highest BCUT2D eigenvalue weighted by molar-refractivity contribution is 6.35. The van der Waals surface area contributed by atoms with Gasteiger partial charge in [0.2, 0.25) is 0 Å². The summed E-state index contributed by atoms with van der Waals surface area (Å²) in [6, 6.07) is 10.9. The summed E-state index contributed by atoms with van der Waals surface area (Å²) in [5.74, 6) is -2.47. The lowest BCUT2D eigenvalue weighted by Gasteiger charge is -2.14. The zero-order valence-electron chi connectivity index (χ0n) is 15.6. The van der Waals surface area contributed by atoms with Crippen LogP contribution in [0.3, 0.4) is 0 Å². The third-order valence-electron chi connectivity index (χ3n) is 3.59. The number of carbonyl (C=O) groups excluding carboxylic acids is 3. The minimum Gasteiger partial charge on any atom is -0.483 e. The van der Waals surface area contributed by atoms with Crippen LogP contribution in [0.4, 0.5) is 18.9 Å². The number of likely N-dealkylation sites (N-methyl/N-ethyl adjacent to an activating group) is 1. The molecule has 30 heavy (non-hydrogen) atoms. The molecule has 8 nitrogen and oxygen atoms in total. The molecule has 2 rings (SSSR count). The average Bonchev–Trinajstić information content (AvgIpc) is 2.72. The van der Waals surface area contributed by atoms with Crippen molar-refractivity contribution in [1.29, 1.82) is 0 Å². The van der Waals surface area contributed by atoms with Crippen LogP contribution in [-0.4, -0.2) is 37.6 Å². The molecule has 0 radical (unpaired) electrons. The highest BCUT2D eigenvalue weighted by Crippen LogP contribution is 2.34. The van der Waals surface area contributed by atoms with Crippen LogP contribution >= 0.6 is 0 Å². The van der Waals surface area contributed by atoms with Gasteiger partial charge in [0.25, 0.3) is 5.91 Å². The van der Waals surface area contributed by atoms with Crippen LogP contribution in [0.15, 0.2) is 53.6 Å². The Hall–Kier alpha value is -3.89. The molecule has 2 aromatic carbocycles. The second-order valence-electron chi connectivity index (χ2n) is 5.70. The lowest BCUT2D eigenvalue weighted by molar-refractivity contribution is -0.138. The van der Waals surface area contributed by atoms with Crippen molar-refractivity contribution in [3.8, 4) is 5.75 Å². The number of anilines is 1. The molecule has 158 valence electrons. The molecule has 0 atom stereocenters. The highest BCUT2D eigenvalue weighted by Gasteiger charge is 2.33. The van der Waals surface area contributed by atoms with Crippen LogP contribution in [0.1, 0.15) is 11.1 Å². The van der Waals surface area contributed by atoms with E-state index in [1.165, 1.54) is 31.5 Å². The lowest BCUT2D eigenvalue weighted by Crippen LogP contribution is -2.35. The molecule has 0 aliphatic carbocycles. The fourth-order valence-corrected chi connectivity index (χ4v) is 2.21. The molecule has 3 amide bonds. The molecule has 11 heteroatoms. The molecule has 0 aromatic heterocycles. The Labute approximate surface area is 169 Å². The number of halogens is 3. The van der Waals surface area contributed by atoms with Gasteiger partial charge in [-0.2, -0.15) is 18.3 Å². The average molecular weight is 422 g/mol. The molecule has 0 saturated heterocycles. The van der Waals surface area contributed by atoms with Gasteiger partial charge < -0.3 is 15.4 Å². The van der Waals surface area contributed by atoms with E-state index in [1.807, 2.05) is 5.43 Å². The minimum absolute atomic E-state index is 0.190. The van der Waals surface area contributed by atoms with Crippen molar-refractivity contribution in [3.05, 3.63) is 59.7 Å². The molecule has 0 heterocycles. The standard InChI is InChI=1S/C19H17F3N4O4/c1-23-17(28)18(29)26-24-10-12-6-2-5-9-15(12)30-11-16(27)25-14-8-4-3-7-13(14)19(20,21)22/h2-10H,11H2,1H3,(H,23,28)(H,25,27)(H,26,29)/b24-10-. The first-order valence-corrected chi connectivity index (χ1v) is 8.45. The van der Waals surface area contributed by atoms with Crippen LogP contribution in [0.2, 0.25) is 0 Å². The molecule has 0 aliphatic rings. The number of ether oxygens (including phenoxy) is 1. The number of benzene rings is 2. The summed E-state index contributed by atoms with van der Waals surface area (Å²) >= 11 is 0. The zero-order valence-corrected chi connectivity index (χ0v) is 15.6. The predicted molar refractivity (Wildman–Crippen MR) is 102 cm³/mol. The van der Waals surface area contributed by atoms with Crippen molar-refractivity contribution in [2.45, 2.75) is 6.18 Å². The molecular formula is C19H17F3N4O4. The maximum Gasteiger partial charge on any atom is 0.418 e. The summed E-state index contributed by atoms with van der Waals surface area (Å²) in [7, 11) is 1.28. The number of hydrogen-bond donors (Lipinski definition) is 3. The second kappa shape index (κ2) is 10.0. The number of hydrazone groups is 1. The molecule has 0 saturated carbocycles. The molecule has 2 aromatic rings. The summed E-state index contributed by atoms with van der Waals surface area (Å²) in [5, 5.41) is 7.90. The second-order valence-corrected chi connectivity index (χ2v) is 5.70. The van der Waals surface area contributed by atoms with Crippen LogP contribution in [0.5, 0.6) is 5.75 Å². The van der Waals surface area contributed by atoms with Gasteiger partial charge >= 0.3 is 18.0 Å². The normalized spacial score (nSPS) is 11.1. The monoisotopic (exact) mass is 422 g/mol. The van der Waals surface area contributed by atoms with Crippen molar-refractivity contribution < 1.29 is 32.3 Å². The first-order valence-electron chi connectivity index (χ1n) is 8.45. The highest BCUT2D eigenvalue weighted by atomic mass is 19.4. The molecular weight excluding hydrogens is 405 g/mol. The van der Waals surface area contributed by atoms with E-state index in [0.29, 0.717) is 5.56 Å². The van der Waals surface area contributed by atoms with Gasteiger partial charge in [0.1, 0.15) is 5.75 Å². The Morgan fingerprint density at radius 3 is 2.40 bits per heavy atom. The van der Waals surface area contributed by atoms with Crippen molar-refractivity contribution >= 4 is 29.6 Å². The van der Waals surface area contributed by atoms with Crippen molar-refractivity contribution in [2.75, 3.05) is 19.0 Å². The largest absolute Gasteiger partial charge is 0.483 e. The first kappa shape index (κ1) is 22.4. The smallest absolute Gasteiger partial charge is 0.418 e. The third kappa shape index (κ3) is 6.33. The van der Waals surface area contributed by atoms with Gasteiger partial charge in [-0.3, -0.25) is 14.4 Å². The number of nitrogens with zero attached hydrogens (tertiary/aromatic N) is 1. The first-order chi connectivity index (χ1) is 14.2. The predicted octanol–water partition coefficient (Wildman–Crippen LogP) is 1.92. The number of nitrogens with one attached hydrogen (secondary N) is 3. The Kier molecular flexibility index (Phi) is 7.50. The summed E-state index contributed by atoms with van der Waals surface area (Å²) in [5.41, 5.74) is 1.01. The minimum atomic E-state index is -4.62. The molecule has 0 spiro atoms. The fourth-order valence-electron chi connectivity index (χ4n) is 2.21. The van der Waals surface area contributed by atoms with E-state index in [2.05, 4.69) is 15.7 Å². The maximum atomic E-state index is 13.0. The molecule has 0 fully saturated rings. The van der Waals surface area contributed by atoms with Gasteiger partial charge in [0.05, 0.1) is 17.5 Å². The number of amides is 3. The van der Waals surface area contributed by atoms with Gasteiger partial charge in [-0.25, -0.2) is 5.43 Å².